The molecule has 0 fully saturated rings. The van der Waals surface area contributed by atoms with Gasteiger partial charge in [0.05, 0.1) is 11.9 Å². The topological polar surface area (TPSA) is 95.5 Å². The van der Waals surface area contributed by atoms with Gasteiger partial charge in [0.25, 0.3) is 5.56 Å². The molecule has 2 heterocycles. The first-order valence-corrected chi connectivity index (χ1v) is 9.83. The number of thiophene rings is 1. The number of aryl methyl sites for hydroxylation is 2. The number of aromatic amines is 1. The second-order valence-corrected chi connectivity index (χ2v) is 7.75. The number of rotatable bonds is 10. The molecule has 0 spiro atoms. The van der Waals surface area contributed by atoms with Crippen LogP contribution in [-0.4, -0.2) is 51.7 Å². The molecule has 0 bridgehead atoms. The van der Waals surface area contributed by atoms with Crippen molar-refractivity contribution in [1.29, 1.82) is 0 Å². The van der Waals surface area contributed by atoms with E-state index in [1.807, 2.05) is 25.7 Å². The second kappa shape index (κ2) is 9.77. The van der Waals surface area contributed by atoms with Crippen LogP contribution in [0, 0.1) is 13.8 Å². The molecule has 8 heteroatoms. The highest BCUT2D eigenvalue weighted by Crippen LogP contribution is 2.25. The van der Waals surface area contributed by atoms with Crippen molar-refractivity contribution in [2.45, 2.75) is 46.3 Å². The van der Waals surface area contributed by atoms with Gasteiger partial charge in [-0.15, -0.1) is 17.9 Å². The fourth-order valence-corrected chi connectivity index (χ4v) is 3.84. The van der Waals surface area contributed by atoms with Crippen molar-refractivity contribution in [3.8, 4) is 0 Å². The third-order valence-electron chi connectivity index (χ3n) is 4.21. The summed E-state index contributed by atoms with van der Waals surface area (Å²) < 4.78 is 5.05. The molecule has 0 radical (unpaired) electrons. The van der Waals surface area contributed by atoms with Crippen molar-refractivity contribution in [3.63, 3.8) is 0 Å². The lowest BCUT2D eigenvalue weighted by atomic mass is 10.2. The number of aliphatic hydroxyl groups is 1. The maximum absolute atomic E-state index is 12.4. The summed E-state index contributed by atoms with van der Waals surface area (Å²) >= 11 is 1.50. The highest BCUT2D eigenvalue weighted by molar-refractivity contribution is 7.18. The van der Waals surface area contributed by atoms with Gasteiger partial charge in [0, 0.05) is 24.4 Å². The summed E-state index contributed by atoms with van der Waals surface area (Å²) in [7, 11) is 0. The molecule has 0 unspecified atom stereocenters. The summed E-state index contributed by atoms with van der Waals surface area (Å²) in [5, 5.41) is 10.8. The Morgan fingerprint density at radius 1 is 1.48 bits per heavy atom. The smallest absolute Gasteiger partial charge is 0.305 e. The van der Waals surface area contributed by atoms with E-state index >= 15 is 0 Å². The Kier molecular flexibility index (Phi) is 7.70. The zero-order chi connectivity index (χ0) is 20.0. The van der Waals surface area contributed by atoms with E-state index in [1.54, 1.807) is 6.08 Å². The van der Waals surface area contributed by atoms with Gasteiger partial charge in [0.2, 0.25) is 0 Å². The molecule has 2 aromatic heterocycles. The predicted molar refractivity (Wildman–Crippen MR) is 107 cm³/mol. The molecule has 2 aromatic rings. The molecular formula is C19H27N3O4S. The molecule has 2 rings (SSSR count). The molecule has 148 valence electrons. The number of hydrogen-bond acceptors (Lipinski definition) is 7. The van der Waals surface area contributed by atoms with Crippen LogP contribution in [0.5, 0.6) is 0 Å². The maximum Gasteiger partial charge on any atom is 0.305 e. The SMILES string of the molecule is C=CCN(Cc1nc2sc(C)c(C)c2c(=O)[nH]1)C[C@H](O)COC(=O)CCC. The van der Waals surface area contributed by atoms with Crippen molar-refractivity contribution in [1.82, 2.24) is 14.9 Å². The molecule has 0 saturated carbocycles. The van der Waals surface area contributed by atoms with E-state index in [0.29, 0.717) is 37.1 Å². The lowest BCUT2D eigenvalue weighted by Crippen LogP contribution is -2.36. The van der Waals surface area contributed by atoms with Crippen LogP contribution in [0.4, 0.5) is 0 Å². The summed E-state index contributed by atoms with van der Waals surface area (Å²) in [4.78, 5) is 34.9. The first-order chi connectivity index (χ1) is 12.8. The van der Waals surface area contributed by atoms with Crippen molar-refractivity contribution in [2.75, 3.05) is 19.7 Å². The number of nitrogens with zero attached hydrogens (tertiary/aromatic N) is 2. The zero-order valence-electron chi connectivity index (χ0n) is 16.1. The Hall–Kier alpha value is -2.03. The van der Waals surface area contributed by atoms with E-state index in [0.717, 1.165) is 15.3 Å². The van der Waals surface area contributed by atoms with Gasteiger partial charge in [0.15, 0.2) is 0 Å². The van der Waals surface area contributed by atoms with Gasteiger partial charge in [0.1, 0.15) is 23.4 Å². The van der Waals surface area contributed by atoms with Crippen LogP contribution in [0.3, 0.4) is 0 Å². The van der Waals surface area contributed by atoms with Crippen LogP contribution in [-0.2, 0) is 16.1 Å². The van der Waals surface area contributed by atoms with Gasteiger partial charge < -0.3 is 14.8 Å². The number of carbonyl (C=O) groups is 1. The number of aromatic nitrogens is 2. The standard InChI is InChI=1S/C19H27N3O4S/c1-5-7-16(24)26-11-14(23)9-22(8-6-2)10-15-20-18(25)17-12(3)13(4)27-19(17)21-15/h6,14,23H,2,5,7-11H2,1,3-4H3,(H,20,21,25)/t14-/m0/s1. The van der Waals surface area contributed by atoms with Crippen LogP contribution >= 0.6 is 11.3 Å². The fraction of sp³-hybridized carbons (Fsp3) is 0.526. The highest BCUT2D eigenvalue weighted by Gasteiger charge is 2.16. The summed E-state index contributed by atoms with van der Waals surface area (Å²) in [6, 6.07) is 0. The van der Waals surface area contributed by atoms with E-state index < -0.39 is 6.10 Å². The summed E-state index contributed by atoms with van der Waals surface area (Å²) in [6.45, 7) is 10.6. The summed E-state index contributed by atoms with van der Waals surface area (Å²) in [5.41, 5.74) is 0.812. The molecule has 27 heavy (non-hydrogen) atoms. The summed E-state index contributed by atoms with van der Waals surface area (Å²) in [6.07, 6.45) is 1.94. The molecule has 7 nitrogen and oxygen atoms in total. The lowest BCUT2D eigenvalue weighted by Gasteiger charge is -2.23. The Bertz CT molecular complexity index is 858. The van der Waals surface area contributed by atoms with Crippen molar-refractivity contribution < 1.29 is 14.6 Å². The molecule has 0 amide bonds. The number of aliphatic hydroxyl groups excluding tert-OH is 1. The molecule has 0 aliphatic carbocycles. The Labute approximate surface area is 162 Å². The second-order valence-electron chi connectivity index (χ2n) is 6.55. The van der Waals surface area contributed by atoms with Crippen LogP contribution in [0.15, 0.2) is 17.4 Å². The molecule has 0 aromatic carbocycles. The fourth-order valence-electron chi connectivity index (χ4n) is 2.79. The van der Waals surface area contributed by atoms with Gasteiger partial charge in [-0.25, -0.2) is 4.98 Å². The van der Waals surface area contributed by atoms with Crippen molar-refractivity contribution >= 4 is 27.5 Å². The average Bonchev–Trinajstić information content (AvgIpc) is 2.88. The van der Waals surface area contributed by atoms with E-state index in [4.69, 9.17) is 4.74 Å². The van der Waals surface area contributed by atoms with Crippen molar-refractivity contribution in [3.05, 3.63) is 39.3 Å². The Balaban J connectivity index is 2.07. The summed E-state index contributed by atoms with van der Waals surface area (Å²) in [5.74, 6) is 0.220. The Morgan fingerprint density at radius 3 is 2.89 bits per heavy atom. The lowest BCUT2D eigenvalue weighted by molar-refractivity contribution is -0.147. The van der Waals surface area contributed by atoms with E-state index in [-0.39, 0.29) is 24.7 Å². The van der Waals surface area contributed by atoms with Gasteiger partial charge in [-0.3, -0.25) is 14.5 Å². The normalized spacial score (nSPS) is 12.5. The van der Waals surface area contributed by atoms with Crippen LogP contribution < -0.4 is 5.56 Å². The Morgan fingerprint density at radius 2 is 2.22 bits per heavy atom. The number of hydrogen-bond donors (Lipinski definition) is 2. The minimum absolute atomic E-state index is 0.0568. The maximum atomic E-state index is 12.4. The van der Waals surface area contributed by atoms with Crippen LogP contribution in [0.2, 0.25) is 0 Å². The molecule has 1 atom stereocenters. The monoisotopic (exact) mass is 393 g/mol. The minimum Gasteiger partial charge on any atom is -0.463 e. The number of fused-ring (bicyclic) bond motifs is 1. The average molecular weight is 394 g/mol. The quantitative estimate of drug-likeness (QED) is 0.475. The largest absolute Gasteiger partial charge is 0.463 e. The third-order valence-corrected chi connectivity index (χ3v) is 5.31. The number of ether oxygens (including phenoxy) is 1. The van der Waals surface area contributed by atoms with Gasteiger partial charge >= 0.3 is 5.97 Å². The molecule has 2 N–H and O–H groups in total. The molecular weight excluding hydrogens is 366 g/mol. The number of carbonyl (C=O) groups excluding carboxylic acids is 1. The predicted octanol–water partition coefficient (Wildman–Crippen LogP) is 2.29. The highest BCUT2D eigenvalue weighted by atomic mass is 32.1. The number of nitrogens with one attached hydrogen (secondary N) is 1. The van der Waals surface area contributed by atoms with Crippen molar-refractivity contribution in [2.24, 2.45) is 0 Å². The molecule has 0 aliphatic rings. The van der Waals surface area contributed by atoms with Gasteiger partial charge in [-0.1, -0.05) is 13.0 Å². The van der Waals surface area contributed by atoms with E-state index in [1.165, 1.54) is 11.3 Å². The number of esters is 1. The third kappa shape index (κ3) is 5.72. The van der Waals surface area contributed by atoms with Gasteiger partial charge in [-0.2, -0.15) is 0 Å². The van der Waals surface area contributed by atoms with E-state index in [2.05, 4.69) is 16.5 Å². The molecule has 0 aliphatic heterocycles. The first kappa shape index (κ1) is 21.3. The minimum atomic E-state index is -0.826. The molecule has 0 saturated heterocycles. The van der Waals surface area contributed by atoms with Gasteiger partial charge in [-0.05, 0) is 25.8 Å². The van der Waals surface area contributed by atoms with Crippen LogP contribution in [0.25, 0.3) is 10.2 Å². The van der Waals surface area contributed by atoms with E-state index in [9.17, 15) is 14.7 Å². The number of H-pyrrole nitrogens is 1. The zero-order valence-corrected chi connectivity index (χ0v) is 16.9. The first-order valence-electron chi connectivity index (χ1n) is 9.01. The van der Waals surface area contributed by atoms with Crippen LogP contribution in [0.1, 0.15) is 36.0 Å².